The molecule has 2 nitrogen and oxygen atoms in total. The molecule has 1 aromatic carbocycles. The zero-order chi connectivity index (χ0) is 10.5. The van der Waals surface area contributed by atoms with Gasteiger partial charge in [-0.25, -0.2) is 0 Å². The van der Waals surface area contributed by atoms with Gasteiger partial charge in [-0.15, -0.1) is 0 Å². The lowest BCUT2D eigenvalue weighted by atomic mass is 9.90. The van der Waals surface area contributed by atoms with Crippen LogP contribution in [0.5, 0.6) is 0 Å². The Morgan fingerprint density at radius 3 is 2.80 bits per heavy atom. The molecule has 0 aliphatic heterocycles. The summed E-state index contributed by atoms with van der Waals surface area (Å²) in [7, 11) is 0. The standard InChI is InChI=1S/C13H15NO/c1-9(15)13(5-6-13)11-3-2-10-4-7-14-12(10)8-11/h2-4,7-9,14-15H,5-6H2,1H3. The Kier molecular flexibility index (Phi) is 1.71. The van der Waals surface area contributed by atoms with Gasteiger partial charge in [-0.2, -0.15) is 0 Å². The zero-order valence-corrected chi connectivity index (χ0v) is 8.83. The molecule has 0 spiro atoms. The predicted octanol–water partition coefficient (Wildman–Crippen LogP) is 2.58. The van der Waals surface area contributed by atoms with Crippen molar-refractivity contribution in [2.45, 2.75) is 31.3 Å². The summed E-state index contributed by atoms with van der Waals surface area (Å²) >= 11 is 0. The minimum atomic E-state index is -0.245. The molecule has 0 amide bonds. The molecule has 1 aliphatic carbocycles. The van der Waals surface area contributed by atoms with E-state index in [4.69, 9.17) is 0 Å². The quantitative estimate of drug-likeness (QED) is 0.769. The number of aromatic nitrogens is 1. The van der Waals surface area contributed by atoms with Gasteiger partial charge in [-0.05, 0) is 42.8 Å². The van der Waals surface area contributed by atoms with Crippen molar-refractivity contribution in [3.8, 4) is 0 Å². The molecule has 0 saturated heterocycles. The van der Waals surface area contributed by atoms with Crippen molar-refractivity contribution in [2.75, 3.05) is 0 Å². The van der Waals surface area contributed by atoms with Crippen LogP contribution in [-0.2, 0) is 5.41 Å². The van der Waals surface area contributed by atoms with E-state index < -0.39 is 0 Å². The number of rotatable bonds is 2. The van der Waals surface area contributed by atoms with E-state index in [0.29, 0.717) is 0 Å². The first kappa shape index (κ1) is 8.98. The van der Waals surface area contributed by atoms with Crippen molar-refractivity contribution in [1.82, 2.24) is 4.98 Å². The van der Waals surface area contributed by atoms with Gasteiger partial charge in [0.25, 0.3) is 0 Å². The van der Waals surface area contributed by atoms with Gasteiger partial charge in [0.2, 0.25) is 0 Å². The van der Waals surface area contributed by atoms with Gasteiger partial charge in [-0.3, -0.25) is 0 Å². The van der Waals surface area contributed by atoms with Gasteiger partial charge in [0.05, 0.1) is 6.10 Å². The fourth-order valence-electron chi connectivity index (χ4n) is 2.44. The molecule has 78 valence electrons. The normalized spacial score (nSPS) is 20.4. The Balaban J connectivity index is 2.11. The minimum absolute atomic E-state index is 0.0410. The third kappa shape index (κ3) is 1.21. The fourth-order valence-corrected chi connectivity index (χ4v) is 2.44. The Labute approximate surface area is 88.9 Å². The molecule has 1 aromatic heterocycles. The first-order valence-electron chi connectivity index (χ1n) is 5.48. The molecule has 2 aromatic rings. The maximum atomic E-state index is 9.81. The van der Waals surface area contributed by atoms with Crippen molar-refractivity contribution >= 4 is 10.9 Å². The lowest BCUT2D eigenvalue weighted by Gasteiger charge is -2.19. The van der Waals surface area contributed by atoms with Crippen molar-refractivity contribution in [3.63, 3.8) is 0 Å². The lowest BCUT2D eigenvalue weighted by Crippen LogP contribution is -2.22. The third-order valence-electron chi connectivity index (χ3n) is 3.72. The average Bonchev–Trinajstić information content (AvgIpc) is 2.91. The topological polar surface area (TPSA) is 36.0 Å². The van der Waals surface area contributed by atoms with Gasteiger partial charge in [0.15, 0.2) is 0 Å². The number of nitrogens with one attached hydrogen (secondary N) is 1. The summed E-state index contributed by atoms with van der Waals surface area (Å²) < 4.78 is 0. The van der Waals surface area contributed by atoms with Gasteiger partial charge in [-0.1, -0.05) is 12.1 Å². The highest BCUT2D eigenvalue weighted by Gasteiger charge is 2.48. The van der Waals surface area contributed by atoms with E-state index in [1.807, 2.05) is 13.1 Å². The van der Waals surface area contributed by atoms with Crippen molar-refractivity contribution < 1.29 is 5.11 Å². The molecule has 1 atom stereocenters. The number of aromatic amines is 1. The van der Waals surface area contributed by atoms with Gasteiger partial charge >= 0.3 is 0 Å². The molecular weight excluding hydrogens is 186 g/mol. The Bertz CT molecular complexity index is 494. The fraction of sp³-hybridized carbons (Fsp3) is 0.385. The monoisotopic (exact) mass is 201 g/mol. The Morgan fingerprint density at radius 1 is 1.33 bits per heavy atom. The number of benzene rings is 1. The largest absolute Gasteiger partial charge is 0.392 e. The summed E-state index contributed by atoms with van der Waals surface area (Å²) in [6, 6.07) is 8.52. The van der Waals surface area contributed by atoms with Crippen molar-refractivity contribution in [2.24, 2.45) is 0 Å². The molecule has 2 heteroatoms. The van der Waals surface area contributed by atoms with E-state index in [1.54, 1.807) is 0 Å². The van der Waals surface area contributed by atoms with E-state index in [9.17, 15) is 5.11 Å². The summed E-state index contributed by atoms with van der Waals surface area (Å²) in [6.07, 6.45) is 3.93. The van der Waals surface area contributed by atoms with Crippen LogP contribution in [0.3, 0.4) is 0 Å². The third-order valence-corrected chi connectivity index (χ3v) is 3.72. The maximum absolute atomic E-state index is 9.81. The number of H-pyrrole nitrogens is 1. The van der Waals surface area contributed by atoms with Crippen LogP contribution in [0.2, 0.25) is 0 Å². The van der Waals surface area contributed by atoms with Crippen LogP contribution in [0, 0.1) is 0 Å². The number of hydrogen-bond donors (Lipinski definition) is 2. The van der Waals surface area contributed by atoms with Gasteiger partial charge in [0, 0.05) is 17.1 Å². The number of hydrogen-bond acceptors (Lipinski definition) is 1. The second kappa shape index (κ2) is 2.86. The molecule has 1 saturated carbocycles. The van der Waals surface area contributed by atoms with E-state index in [2.05, 4.69) is 29.2 Å². The van der Waals surface area contributed by atoms with E-state index in [1.165, 1.54) is 16.5 Å². The van der Waals surface area contributed by atoms with Crippen LogP contribution in [0.25, 0.3) is 10.9 Å². The molecule has 1 unspecified atom stereocenters. The van der Waals surface area contributed by atoms with Crippen molar-refractivity contribution in [1.29, 1.82) is 0 Å². The SMILES string of the molecule is CC(O)C1(c2ccc3cc[nH]c3c2)CC1. The molecule has 1 heterocycles. The number of aliphatic hydroxyl groups is 1. The number of aliphatic hydroxyl groups excluding tert-OH is 1. The van der Waals surface area contributed by atoms with Crippen LogP contribution in [-0.4, -0.2) is 16.2 Å². The smallest absolute Gasteiger partial charge is 0.0608 e. The summed E-state index contributed by atoms with van der Waals surface area (Å²) in [5.41, 5.74) is 2.48. The number of fused-ring (bicyclic) bond motifs is 1. The molecule has 0 bridgehead atoms. The molecule has 1 fully saturated rings. The lowest BCUT2D eigenvalue weighted by molar-refractivity contribution is 0.151. The van der Waals surface area contributed by atoms with Crippen molar-refractivity contribution in [3.05, 3.63) is 36.0 Å². The summed E-state index contributed by atoms with van der Waals surface area (Å²) in [5, 5.41) is 11.0. The minimum Gasteiger partial charge on any atom is -0.392 e. The van der Waals surface area contributed by atoms with Crippen LogP contribution in [0.1, 0.15) is 25.3 Å². The summed E-state index contributed by atoms with van der Waals surface area (Å²) in [5.74, 6) is 0. The van der Waals surface area contributed by atoms with E-state index >= 15 is 0 Å². The highest BCUT2D eigenvalue weighted by atomic mass is 16.3. The van der Waals surface area contributed by atoms with Crippen LogP contribution >= 0.6 is 0 Å². The highest BCUT2D eigenvalue weighted by molar-refractivity contribution is 5.80. The van der Waals surface area contributed by atoms with Crippen LogP contribution in [0.4, 0.5) is 0 Å². The average molecular weight is 201 g/mol. The van der Waals surface area contributed by atoms with Crippen LogP contribution in [0.15, 0.2) is 30.5 Å². The van der Waals surface area contributed by atoms with E-state index in [-0.39, 0.29) is 11.5 Å². The molecular formula is C13H15NO. The molecule has 3 rings (SSSR count). The van der Waals surface area contributed by atoms with Crippen LogP contribution < -0.4 is 0 Å². The Morgan fingerprint density at radius 2 is 2.13 bits per heavy atom. The molecule has 15 heavy (non-hydrogen) atoms. The second-order valence-corrected chi connectivity index (χ2v) is 4.61. The van der Waals surface area contributed by atoms with E-state index in [0.717, 1.165) is 12.8 Å². The first-order valence-corrected chi connectivity index (χ1v) is 5.48. The Hall–Kier alpha value is -1.28. The zero-order valence-electron chi connectivity index (χ0n) is 8.83. The van der Waals surface area contributed by atoms with Gasteiger partial charge in [0.1, 0.15) is 0 Å². The predicted molar refractivity (Wildman–Crippen MR) is 60.9 cm³/mol. The molecule has 0 radical (unpaired) electrons. The maximum Gasteiger partial charge on any atom is 0.0608 e. The molecule has 2 N–H and O–H groups in total. The highest BCUT2D eigenvalue weighted by Crippen LogP contribution is 2.51. The molecule has 1 aliphatic rings. The second-order valence-electron chi connectivity index (χ2n) is 4.61. The first-order chi connectivity index (χ1) is 7.22. The summed E-state index contributed by atoms with van der Waals surface area (Å²) in [6.45, 7) is 1.89. The van der Waals surface area contributed by atoms with Gasteiger partial charge < -0.3 is 10.1 Å². The summed E-state index contributed by atoms with van der Waals surface area (Å²) in [4.78, 5) is 3.22.